The lowest BCUT2D eigenvalue weighted by Gasteiger charge is -2.16. The third-order valence-electron chi connectivity index (χ3n) is 3.04. The van der Waals surface area contributed by atoms with Crippen molar-refractivity contribution in [2.75, 3.05) is 20.7 Å². The van der Waals surface area contributed by atoms with Crippen LogP contribution in [0.15, 0.2) is 17.0 Å². The first-order valence-corrected chi connectivity index (χ1v) is 7.34. The van der Waals surface area contributed by atoms with E-state index in [2.05, 4.69) is 4.74 Å². The lowest BCUT2D eigenvalue weighted by Crippen LogP contribution is -2.33. The first-order chi connectivity index (χ1) is 9.61. The molecule has 0 atom stereocenters. The lowest BCUT2D eigenvalue weighted by atomic mass is 10.1. The summed E-state index contributed by atoms with van der Waals surface area (Å²) >= 11 is 0. The van der Waals surface area contributed by atoms with Crippen LogP contribution in [0.1, 0.15) is 11.1 Å². The Morgan fingerprint density at radius 3 is 2.33 bits per heavy atom. The van der Waals surface area contributed by atoms with Gasteiger partial charge >= 0.3 is 5.97 Å². The van der Waals surface area contributed by atoms with E-state index in [-0.39, 0.29) is 0 Å². The van der Waals surface area contributed by atoms with Gasteiger partial charge in [0.1, 0.15) is 6.54 Å². The van der Waals surface area contributed by atoms with E-state index in [1.54, 1.807) is 13.8 Å². The molecule has 1 aromatic carbocycles. The Hall–Kier alpha value is -2.00. The zero-order chi connectivity index (χ0) is 16.4. The van der Waals surface area contributed by atoms with E-state index in [1.807, 2.05) is 0 Å². The van der Waals surface area contributed by atoms with E-state index in [9.17, 15) is 23.3 Å². The maximum Gasteiger partial charge on any atom is 0.321 e. The Balaban J connectivity index is 3.40. The second-order valence-electron chi connectivity index (χ2n) is 4.50. The Labute approximate surface area is 122 Å². The molecule has 0 N–H and O–H groups in total. The van der Waals surface area contributed by atoms with E-state index in [0.717, 1.165) is 18.5 Å². The molecule has 9 heteroatoms. The number of sulfonamides is 1. The van der Waals surface area contributed by atoms with Crippen LogP contribution >= 0.6 is 0 Å². The molecular weight excluding hydrogens is 300 g/mol. The zero-order valence-electron chi connectivity index (χ0n) is 12.1. The molecule has 0 aliphatic heterocycles. The van der Waals surface area contributed by atoms with Crippen molar-refractivity contribution >= 4 is 21.7 Å². The highest BCUT2D eigenvalue weighted by atomic mass is 32.2. The van der Waals surface area contributed by atoms with Crippen LogP contribution in [-0.4, -0.2) is 44.3 Å². The third kappa shape index (κ3) is 3.56. The van der Waals surface area contributed by atoms with Crippen molar-refractivity contribution in [2.24, 2.45) is 0 Å². The second-order valence-corrected chi connectivity index (χ2v) is 6.51. The maximum atomic E-state index is 12.4. The molecule has 0 spiro atoms. The molecule has 1 rings (SSSR count). The lowest BCUT2D eigenvalue weighted by molar-refractivity contribution is -0.387. The Bertz CT molecular complexity index is 683. The van der Waals surface area contributed by atoms with Gasteiger partial charge in [-0.05, 0) is 31.0 Å². The summed E-state index contributed by atoms with van der Waals surface area (Å²) < 4.78 is 29.9. The smallest absolute Gasteiger partial charge is 0.321 e. The summed E-state index contributed by atoms with van der Waals surface area (Å²) in [5.41, 5.74) is 0.691. The summed E-state index contributed by atoms with van der Waals surface area (Å²) in [6.45, 7) is 2.78. The number of likely N-dealkylation sites (N-methyl/N-ethyl adjacent to an activating group) is 1. The van der Waals surface area contributed by atoms with Crippen molar-refractivity contribution in [2.45, 2.75) is 18.7 Å². The van der Waals surface area contributed by atoms with Crippen LogP contribution in [0, 0.1) is 24.0 Å². The van der Waals surface area contributed by atoms with Crippen LogP contribution in [0.4, 0.5) is 5.69 Å². The normalized spacial score (nSPS) is 11.5. The fraction of sp³-hybridized carbons (Fsp3) is 0.417. The Morgan fingerprint density at radius 2 is 1.86 bits per heavy atom. The molecule has 0 heterocycles. The van der Waals surface area contributed by atoms with E-state index >= 15 is 0 Å². The first kappa shape index (κ1) is 17.1. The average molecular weight is 316 g/mol. The first-order valence-electron chi connectivity index (χ1n) is 5.90. The summed E-state index contributed by atoms with van der Waals surface area (Å²) in [5.74, 6) is -0.757. The molecule has 0 radical (unpaired) electrons. The maximum absolute atomic E-state index is 12.4. The number of hydrogen-bond acceptors (Lipinski definition) is 6. The fourth-order valence-electron chi connectivity index (χ4n) is 1.62. The summed E-state index contributed by atoms with van der Waals surface area (Å²) in [6.07, 6.45) is 0. The van der Waals surface area contributed by atoms with Crippen molar-refractivity contribution < 1.29 is 22.9 Å². The van der Waals surface area contributed by atoms with Gasteiger partial charge in [0.2, 0.25) is 10.0 Å². The van der Waals surface area contributed by atoms with E-state index in [0.29, 0.717) is 11.1 Å². The summed E-state index contributed by atoms with van der Waals surface area (Å²) in [7, 11) is -1.88. The minimum Gasteiger partial charge on any atom is -0.468 e. The number of hydrogen-bond donors (Lipinski definition) is 0. The van der Waals surface area contributed by atoms with Gasteiger partial charge in [-0.3, -0.25) is 14.9 Å². The molecule has 0 fully saturated rings. The number of ether oxygens (including phenoxy) is 1. The standard InChI is InChI=1S/C12H16N2O6S/c1-8-5-10(14(16)17)11(6-9(8)2)21(18,19)13(3)7-12(15)20-4/h5-6H,7H2,1-4H3. The molecule has 0 saturated heterocycles. The minimum atomic E-state index is -4.17. The average Bonchev–Trinajstić information content (AvgIpc) is 2.40. The molecule has 0 unspecified atom stereocenters. The number of benzene rings is 1. The fourth-order valence-corrected chi connectivity index (χ4v) is 2.96. The molecular formula is C12H16N2O6S. The predicted molar refractivity (Wildman–Crippen MR) is 74.4 cm³/mol. The molecule has 0 saturated carbocycles. The molecule has 0 aliphatic rings. The molecule has 8 nitrogen and oxygen atoms in total. The topological polar surface area (TPSA) is 107 Å². The van der Waals surface area contributed by atoms with Crippen LogP contribution in [0.5, 0.6) is 0 Å². The zero-order valence-corrected chi connectivity index (χ0v) is 12.9. The van der Waals surface area contributed by atoms with Crippen molar-refractivity contribution in [3.05, 3.63) is 33.4 Å². The minimum absolute atomic E-state index is 0.443. The van der Waals surface area contributed by atoms with Crippen LogP contribution in [-0.2, 0) is 19.6 Å². The molecule has 0 bridgehead atoms. The number of carbonyl (C=O) groups excluding carboxylic acids is 1. The van der Waals surface area contributed by atoms with Crippen molar-refractivity contribution in [1.82, 2.24) is 4.31 Å². The number of nitro benzene ring substituents is 1. The van der Waals surface area contributed by atoms with Crippen LogP contribution in [0.25, 0.3) is 0 Å². The second kappa shape index (κ2) is 6.19. The number of nitrogens with zero attached hydrogens (tertiary/aromatic N) is 2. The van der Waals surface area contributed by atoms with Crippen molar-refractivity contribution in [1.29, 1.82) is 0 Å². The SMILES string of the molecule is COC(=O)CN(C)S(=O)(=O)c1cc(C)c(C)cc1[N+](=O)[O-]. The van der Waals surface area contributed by atoms with Gasteiger partial charge in [-0.15, -0.1) is 0 Å². The van der Waals surface area contributed by atoms with Crippen LogP contribution in [0.2, 0.25) is 0 Å². The quantitative estimate of drug-likeness (QED) is 0.456. The van der Waals surface area contributed by atoms with E-state index < -0.39 is 38.0 Å². The van der Waals surface area contributed by atoms with Gasteiger partial charge in [0.15, 0.2) is 4.90 Å². The van der Waals surface area contributed by atoms with Gasteiger partial charge in [0, 0.05) is 13.1 Å². The van der Waals surface area contributed by atoms with Gasteiger partial charge in [-0.25, -0.2) is 8.42 Å². The highest BCUT2D eigenvalue weighted by molar-refractivity contribution is 7.89. The number of rotatable bonds is 5. The monoisotopic (exact) mass is 316 g/mol. The predicted octanol–water partition coefficient (Wildman–Crippen LogP) is 1.01. The number of methoxy groups -OCH3 is 1. The van der Waals surface area contributed by atoms with Crippen LogP contribution < -0.4 is 0 Å². The summed E-state index contributed by atoms with van der Waals surface area (Å²) in [6, 6.07) is 2.44. The molecule has 0 aromatic heterocycles. The van der Waals surface area contributed by atoms with Crippen LogP contribution in [0.3, 0.4) is 0 Å². The summed E-state index contributed by atoms with van der Waals surface area (Å²) in [4.78, 5) is 21.0. The molecule has 116 valence electrons. The van der Waals surface area contributed by atoms with Gasteiger partial charge in [0.05, 0.1) is 12.0 Å². The Morgan fingerprint density at radius 1 is 1.33 bits per heavy atom. The number of carbonyl (C=O) groups is 1. The number of esters is 1. The summed E-state index contributed by atoms with van der Waals surface area (Å²) in [5, 5.41) is 11.1. The highest BCUT2D eigenvalue weighted by Gasteiger charge is 2.31. The number of nitro groups is 1. The number of aryl methyl sites for hydroxylation is 2. The van der Waals surface area contributed by atoms with E-state index in [4.69, 9.17) is 0 Å². The van der Waals surface area contributed by atoms with Gasteiger partial charge in [0.25, 0.3) is 5.69 Å². The molecule has 0 amide bonds. The third-order valence-corrected chi connectivity index (χ3v) is 4.87. The van der Waals surface area contributed by atoms with E-state index in [1.165, 1.54) is 12.1 Å². The van der Waals surface area contributed by atoms with Gasteiger partial charge in [-0.1, -0.05) is 0 Å². The molecule has 0 aliphatic carbocycles. The van der Waals surface area contributed by atoms with Crippen molar-refractivity contribution in [3.8, 4) is 0 Å². The Kier molecular flexibility index (Phi) is 5.02. The van der Waals surface area contributed by atoms with Gasteiger partial charge < -0.3 is 4.74 Å². The molecule has 1 aromatic rings. The molecule has 21 heavy (non-hydrogen) atoms. The van der Waals surface area contributed by atoms with Gasteiger partial charge in [-0.2, -0.15) is 4.31 Å². The largest absolute Gasteiger partial charge is 0.468 e. The highest BCUT2D eigenvalue weighted by Crippen LogP contribution is 2.29. The van der Waals surface area contributed by atoms with Crippen molar-refractivity contribution in [3.63, 3.8) is 0 Å².